The Morgan fingerprint density at radius 2 is 2.24 bits per heavy atom. The summed E-state index contributed by atoms with van der Waals surface area (Å²) in [7, 11) is 0. The minimum atomic E-state index is 0.0910. The van der Waals surface area contributed by atoms with E-state index in [1.807, 2.05) is 11.8 Å². The van der Waals surface area contributed by atoms with Gasteiger partial charge in [-0.2, -0.15) is 0 Å². The van der Waals surface area contributed by atoms with E-state index >= 15 is 0 Å². The number of rotatable bonds is 6. The number of urea groups is 1. The summed E-state index contributed by atoms with van der Waals surface area (Å²) in [5, 5.41) is 6.47. The second-order valence-electron chi connectivity index (χ2n) is 4.77. The summed E-state index contributed by atoms with van der Waals surface area (Å²) in [5.41, 5.74) is 0. The van der Waals surface area contributed by atoms with Gasteiger partial charge in [0.2, 0.25) is 0 Å². The van der Waals surface area contributed by atoms with E-state index in [1.165, 1.54) is 19.3 Å². The largest absolute Gasteiger partial charge is 0.338 e. The lowest BCUT2D eigenvalue weighted by Crippen LogP contribution is -2.48. The van der Waals surface area contributed by atoms with Gasteiger partial charge in [-0.3, -0.25) is 0 Å². The molecular formula is C13H27N3O. The highest BCUT2D eigenvalue weighted by Gasteiger charge is 2.18. The maximum absolute atomic E-state index is 11.9. The first-order valence-corrected chi connectivity index (χ1v) is 7.04. The summed E-state index contributed by atoms with van der Waals surface area (Å²) in [6.07, 6.45) is 5.93. The Kier molecular flexibility index (Phi) is 7.01. The Morgan fingerprint density at radius 1 is 1.41 bits per heavy atom. The fourth-order valence-electron chi connectivity index (χ4n) is 2.19. The van der Waals surface area contributed by atoms with Gasteiger partial charge in [0.05, 0.1) is 0 Å². The van der Waals surface area contributed by atoms with E-state index in [9.17, 15) is 4.79 Å². The van der Waals surface area contributed by atoms with Gasteiger partial charge in [0.25, 0.3) is 0 Å². The second-order valence-corrected chi connectivity index (χ2v) is 4.77. The van der Waals surface area contributed by atoms with E-state index in [-0.39, 0.29) is 6.03 Å². The number of nitrogens with one attached hydrogen (secondary N) is 2. The molecule has 1 saturated heterocycles. The highest BCUT2D eigenvalue weighted by molar-refractivity contribution is 5.74. The number of nitrogens with zero attached hydrogens (tertiary/aromatic N) is 1. The van der Waals surface area contributed by atoms with Crippen molar-refractivity contribution in [2.24, 2.45) is 0 Å². The van der Waals surface area contributed by atoms with Crippen LogP contribution in [0.3, 0.4) is 0 Å². The number of hydrogen-bond donors (Lipinski definition) is 2. The van der Waals surface area contributed by atoms with E-state index in [2.05, 4.69) is 17.6 Å². The third kappa shape index (κ3) is 5.39. The molecule has 1 atom stereocenters. The summed E-state index contributed by atoms with van der Waals surface area (Å²) in [6, 6.07) is 0.578. The summed E-state index contributed by atoms with van der Waals surface area (Å²) < 4.78 is 0. The molecule has 1 aliphatic rings. The van der Waals surface area contributed by atoms with Crippen LogP contribution in [0.1, 0.15) is 46.0 Å². The molecule has 1 rings (SSSR count). The Hall–Kier alpha value is -0.770. The number of carbonyl (C=O) groups is 1. The summed E-state index contributed by atoms with van der Waals surface area (Å²) in [6.45, 7) is 7.70. The highest BCUT2D eigenvalue weighted by atomic mass is 16.2. The number of unbranched alkanes of at least 4 members (excludes halogenated alkanes) is 1. The van der Waals surface area contributed by atoms with Crippen LogP contribution in [-0.2, 0) is 0 Å². The van der Waals surface area contributed by atoms with Crippen LogP contribution in [0.25, 0.3) is 0 Å². The van der Waals surface area contributed by atoms with Crippen molar-refractivity contribution in [2.75, 3.05) is 26.2 Å². The molecule has 4 nitrogen and oxygen atoms in total. The van der Waals surface area contributed by atoms with Crippen molar-refractivity contribution in [1.82, 2.24) is 15.5 Å². The lowest BCUT2D eigenvalue weighted by atomic mass is 10.0. The normalized spacial score (nSPS) is 20.0. The quantitative estimate of drug-likeness (QED) is 0.698. The second kappa shape index (κ2) is 8.34. The molecule has 0 saturated carbocycles. The van der Waals surface area contributed by atoms with E-state index in [1.54, 1.807) is 0 Å². The van der Waals surface area contributed by atoms with Gasteiger partial charge in [-0.25, -0.2) is 4.79 Å². The van der Waals surface area contributed by atoms with Gasteiger partial charge in [-0.05, 0) is 32.7 Å². The minimum Gasteiger partial charge on any atom is -0.338 e. The number of hydrogen-bond acceptors (Lipinski definition) is 2. The number of likely N-dealkylation sites (N-methyl/N-ethyl adjacent to an activating group) is 1. The van der Waals surface area contributed by atoms with Crippen molar-refractivity contribution in [3.63, 3.8) is 0 Å². The maximum Gasteiger partial charge on any atom is 0.317 e. The molecule has 1 heterocycles. The monoisotopic (exact) mass is 241 g/mol. The van der Waals surface area contributed by atoms with Crippen molar-refractivity contribution in [3.05, 3.63) is 0 Å². The fraction of sp³-hybridized carbons (Fsp3) is 0.923. The molecule has 0 aromatic heterocycles. The summed E-state index contributed by atoms with van der Waals surface area (Å²) in [4.78, 5) is 13.8. The fourth-order valence-corrected chi connectivity index (χ4v) is 2.19. The summed E-state index contributed by atoms with van der Waals surface area (Å²) >= 11 is 0. The Balaban J connectivity index is 2.27. The van der Waals surface area contributed by atoms with Gasteiger partial charge in [-0.1, -0.05) is 19.8 Å². The van der Waals surface area contributed by atoms with Crippen LogP contribution in [0.4, 0.5) is 4.79 Å². The topological polar surface area (TPSA) is 44.4 Å². The van der Waals surface area contributed by atoms with E-state index in [0.717, 1.165) is 39.0 Å². The highest BCUT2D eigenvalue weighted by Crippen LogP contribution is 2.08. The Morgan fingerprint density at radius 3 is 2.82 bits per heavy atom. The van der Waals surface area contributed by atoms with Crippen LogP contribution in [0, 0.1) is 0 Å². The third-order valence-electron chi connectivity index (χ3n) is 3.33. The minimum absolute atomic E-state index is 0.0910. The van der Waals surface area contributed by atoms with Crippen LogP contribution in [-0.4, -0.2) is 43.2 Å². The average Bonchev–Trinajstić information content (AvgIpc) is 2.37. The lowest BCUT2D eigenvalue weighted by Gasteiger charge is -2.30. The zero-order valence-corrected chi connectivity index (χ0v) is 11.3. The Labute approximate surface area is 105 Å². The first-order chi connectivity index (χ1) is 8.27. The van der Waals surface area contributed by atoms with Gasteiger partial charge in [-0.15, -0.1) is 0 Å². The van der Waals surface area contributed by atoms with Gasteiger partial charge >= 0.3 is 6.03 Å². The van der Waals surface area contributed by atoms with Crippen LogP contribution in [0.2, 0.25) is 0 Å². The van der Waals surface area contributed by atoms with Gasteiger partial charge in [0.15, 0.2) is 0 Å². The van der Waals surface area contributed by atoms with Crippen LogP contribution < -0.4 is 10.6 Å². The molecule has 1 aliphatic heterocycles. The molecule has 1 unspecified atom stereocenters. The molecule has 0 aliphatic carbocycles. The van der Waals surface area contributed by atoms with E-state index < -0.39 is 0 Å². The van der Waals surface area contributed by atoms with Crippen molar-refractivity contribution in [1.29, 1.82) is 0 Å². The SMILES string of the molecule is CCCCNC(=O)N(CC)CC1CCCCN1. The molecule has 2 N–H and O–H groups in total. The molecule has 0 bridgehead atoms. The van der Waals surface area contributed by atoms with Crippen LogP contribution in [0.5, 0.6) is 0 Å². The molecular weight excluding hydrogens is 214 g/mol. The number of piperidine rings is 1. The van der Waals surface area contributed by atoms with Crippen molar-refractivity contribution >= 4 is 6.03 Å². The van der Waals surface area contributed by atoms with Gasteiger partial charge in [0.1, 0.15) is 0 Å². The van der Waals surface area contributed by atoms with Crippen LogP contribution in [0.15, 0.2) is 0 Å². The first-order valence-electron chi connectivity index (χ1n) is 7.04. The molecule has 0 aromatic rings. The molecule has 0 radical (unpaired) electrons. The standard InChI is InChI=1S/C13H27N3O/c1-3-5-9-15-13(17)16(4-2)11-12-8-6-7-10-14-12/h12,14H,3-11H2,1-2H3,(H,15,17). The van der Waals surface area contributed by atoms with E-state index in [0.29, 0.717) is 6.04 Å². The van der Waals surface area contributed by atoms with E-state index in [4.69, 9.17) is 0 Å². The average molecular weight is 241 g/mol. The molecule has 0 spiro atoms. The molecule has 2 amide bonds. The zero-order valence-electron chi connectivity index (χ0n) is 11.3. The third-order valence-corrected chi connectivity index (χ3v) is 3.33. The molecule has 4 heteroatoms. The van der Waals surface area contributed by atoms with Gasteiger partial charge in [0, 0.05) is 25.7 Å². The predicted octanol–water partition coefficient (Wildman–Crippen LogP) is 1.96. The van der Waals surface area contributed by atoms with Crippen LogP contribution >= 0.6 is 0 Å². The maximum atomic E-state index is 11.9. The number of amides is 2. The molecule has 1 fully saturated rings. The van der Waals surface area contributed by atoms with Crippen molar-refractivity contribution < 1.29 is 4.79 Å². The number of carbonyl (C=O) groups excluding carboxylic acids is 1. The molecule has 17 heavy (non-hydrogen) atoms. The molecule has 0 aromatic carbocycles. The zero-order chi connectivity index (χ0) is 12.5. The van der Waals surface area contributed by atoms with Gasteiger partial charge < -0.3 is 15.5 Å². The molecule has 100 valence electrons. The lowest BCUT2D eigenvalue weighted by molar-refractivity contribution is 0.189. The van der Waals surface area contributed by atoms with Crippen molar-refractivity contribution in [2.45, 2.75) is 52.0 Å². The predicted molar refractivity (Wildman–Crippen MR) is 71.2 cm³/mol. The summed E-state index contributed by atoms with van der Waals surface area (Å²) in [5.74, 6) is 0. The first kappa shape index (κ1) is 14.3. The smallest absolute Gasteiger partial charge is 0.317 e. The van der Waals surface area contributed by atoms with Crippen molar-refractivity contribution in [3.8, 4) is 0 Å². The Bertz CT molecular complexity index is 215.